The summed E-state index contributed by atoms with van der Waals surface area (Å²) in [6.07, 6.45) is 7.53. The molecule has 1 N–H and O–H groups in total. The van der Waals surface area contributed by atoms with Crippen molar-refractivity contribution in [3.8, 4) is 0 Å². The topological polar surface area (TPSA) is 20.2 Å². The molecule has 1 fully saturated rings. The summed E-state index contributed by atoms with van der Waals surface area (Å²) in [5.41, 5.74) is 1.78. The maximum Gasteiger partial charge on any atom is 0.0456 e. The molecule has 0 radical (unpaired) electrons. The third-order valence-electron chi connectivity index (χ3n) is 4.44. The van der Waals surface area contributed by atoms with Gasteiger partial charge in [-0.3, -0.25) is 0 Å². The lowest BCUT2D eigenvalue weighted by Crippen LogP contribution is -2.23. The zero-order chi connectivity index (χ0) is 15.0. The third-order valence-corrected chi connectivity index (χ3v) is 4.70. The van der Waals surface area contributed by atoms with Gasteiger partial charge in [-0.25, -0.2) is 0 Å². The molecular weight excluding hydrogens is 268 g/mol. The highest BCUT2D eigenvalue weighted by Crippen LogP contribution is 2.45. The molecule has 2 rings (SSSR count). The van der Waals surface area contributed by atoms with Crippen LogP contribution >= 0.6 is 11.6 Å². The quantitative estimate of drug-likeness (QED) is 0.751. The van der Waals surface area contributed by atoms with Crippen molar-refractivity contribution in [2.24, 2.45) is 5.92 Å². The van der Waals surface area contributed by atoms with E-state index in [1.807, 2.05) is 26.0 Å². The Kier molecular flexibility index (Phi) is 7.61. The van der Waals surface area contributed by atoms with Crippen LogP contribution in [0.25, 0.3) is 0 Å². The van der Waals surface area contributed by atoms with Crippen LogP contribution in [0.4, 0.5) is 0 Å². The van der Waals surface area contributed by atoms with Crippen LogP contribution in [-0.2, 0) is 5.41 Å². The number of benzene rings is 1. The predicted octanol–water partition coefficient (Wildman–Crippen LogP) is 5.59. The lowest BCUT2D eigenvalue weighted by atomic mass is 9.74. The van der Waals surface area contributed by atoms with Crippen molar-refractivity contribution in [1.82, 2.24) is 0 Å². The lowest BCUT2D eigenvalue weighted by Gasteiger charge is -2.31. The molecule has 1 nitrogen and oxygen atoms in total. The molecule has 1 aromatic carbocycles. The third kappa shape index (κ3) is 4.49. The number of aliphatic hydroxyl groups is 1. The number of rotatable bonds is 5. The minimum atomic E-state index is 0.302. The van der Waals surface area contributed by atoms with Gasteiger partial charge >= 0.3 is 0 Å². The van der Waals surface area contributed by atoms with E-state index in [0.29, 0.717) is 17.9 Å². The molecule has 0 saturated heterocycles. The van der Waals surface area contributed by atoms with Gasteiger partial charge in [0.2, 0.25) is 0 Å². The lowest BCUT2D eigenvalue weighted by molar-refractivity contribution is 0.216. The van der Waals surface area contributed by atoms with Gasteiger partial charge in [-0.1, -0.05) is 57.3 Å². The first-order valence-electron chi connectivity index (χ1n) is 8.03. The van der Waals surface area contributed by atoms with E-state index in [0.717, 1.165) is 11.4 Å². The maximum atomic E-state index is 9.18. The minimum absolute atomic E-state index is 0.302. The molecule has 0 aromatic heterocycles. The monoisotopic (exact) mass is 296 g/mol. The van der Waals surface area contributed by atoms with Gasteiger partial charge in [-0.05, 0) is 54.7 Å². The SMILES string of the molecule is CC.C[C@@H](CO)CCC1(c2ccc(Cl)cc2)CCCC1. The Morgan fingerprint density at radius 3 is 2.20 bits per heavy atom. The highest BCUT2D eigenvalue weighted by atomic mass is 35.5. The largest absolute Gasteiger partial charge is 0.396 e. The van der Waals surface area contributed by atoms with E-state index in [-0.39, 0.29) is 0 Å². The zero-order valence-electron chi connectivity index (χ0n) is 13.2. The second-order valence-corrected chi connectivity index (χ2v) is 6.26. The first-order chi connectivity index (χ1) is 9.66. The van der Waals surface area contributed by atoms with Gasteiger partial charge in [-0.15, -0.1) is 0 Å². The van der Waals surface area contributed by atoms with Crippen molar-refractivity contribution in [3.05, 3.63) is 34.9 Å². The Morgan fingerprint density at radius 2 is 1.70 bits per heavy atom. The highest BCUT2D eigenvalue weighted by molar-refractivity contribution is 6.30. The number of halogens is 1. The summed E-state index contributed by atoms with van der Waals surface area (Å²) < 4.78 is 0. The fourth-order valence-electron chi connectivity index (χ4n) is 3.15. The number of hydrogen-bond donors (Lipinski definition) is 1. The second kappa shape index (κ2) is 8.69. The Labute approximate surface area is 129 Å². The van der Waals surface area contributed by atoms with E-state index in [4.69, 9.17) is 11.6 Å². The molecule has 114 valence electrons. The number of aliphatic hydroxyl groups excluding tert-OH is 1. The van der Waals surface area contributed by atoms with Gasteiger partial charge in [0.1, 0.15) is 0 Å². The van der Waals surface area contributed by atoms with Gasteiger partial charge in [0.15, 0.2) is 0 Å². The van der Waals surface area contributed by atoms with Crippen molar-refractivity contribution >= 4 is 11.6 Å². The molecule has 0 heterocycles. The van der Waals surface area contributed by atoms with E-state index < -0.39 is 0 Å². The molecule has 1 aliphatic rings. The smallest absolute Gasteiger partial charge is 0.0456 e. The van der Waals surface area contributed by atoms with Gasteiger partial charge in [0, 0.05) is 11.6 Å². The Morgan fingerprint density at radius 1 is 1.15 bits per heavy atom. The summed E-state index contributed by atoms with van der Waals surface area (Å²) in [5.74, 6) is 0.412. The normalized spacial score (nSPS) is 18.2. The van der Waals surface area contributed by atoms with E-state index in [9.17, 15) is 5.11 Å². The summed E-state index contributed by atoms with van der Waals surface area (Å²) in [6.45, 7) is 6.43. The van der Waals surface area contributed by atoms with E-state index in [1.54, 1.807) is 0 Å². The summed E-state index contributed by atoms with van der Waals surface area (Å²) in [6, 6.07) is 8.40. The van der Waals surface area contributed by atoms with Crippen LogP contribution in [0.3, 0.4) is 0 Å². The van der Waals surface area contributed by atoms with Crippen LogP contribution < -0.4 is 0 Å². The van der Waals surface area contributed by atoms with Crippen molar-refractivity contribution in [2.75, 3.05) is 6.61 Å². The average molecular weight is 297 g/mol. The molecule has 0 aliphatic heterocycles. The molecule has 0 spiro atoms. The molecule has 20 heavy (non-hydrogen) atoms. The van der Waals surface area contributed by atoms with Crippen LogP contribution in [0.5, 0.6) is 0 Å². The molecule has 0 bridgehead atoms. The summed E-state index contributed by atoms with van der Waals surface area (Å²) in [5, 5.41) is 10.00. The zero-order valence-corrected chi connectivity index (χ0v) is 13.9. The summed E-state index contributed by atoms with van der Waals surface area (Å²) in [7, 11) is 0. The second-order valence-electron chi connectivity index (χ2n) is 5.82. The van der Waals surface area contributed by atoms with Crippen molar-refractivity contribution in [3.63, 3.8) is 0 Å². The van der Waals surface area contributed by atoms with Gasteiger partial charge in [0.05, 0.1) is 0 Å². The Bertz CT molecular complexity index is 366. The van der Waals surface area contributed by atoms with Crippen LogP contribution in [0.1, 0.15) is 64.9 Å². The van der Waals surface area contributed by atoms with E-state index in [2.05, 4.69) is 19.1 Å². The molecule has 1 aromatic rings. The van der Waals surface area contributed by atoms with Crippen LogP contribution in [0.2, 0.25) is 5.02 Å². The maximum absolute atomic E-state index is 9.18. The molecule has 1 aliphatic carbocycles. The number of hydrogen-bond acceptors (Lipinski definition) is 1. The summed E-state index contributed by atoms with van der Waals surface area (Å²) in [4.78, 5) is 0. The molecule has 1 saturated carbocycles. The average Bonchev–Trinajstić information content (AvgIpc) is 2.97. The minimum Gasteiger partial charge on any atom is -0.396 e. The molecule has 1 atom stereocenters. The van der Waals surface area contributed by atoms with Gasteiger partial charge in [0.25, 0.3) is 0 Å². The molecule has 0 amide bonds. The Balaban J connectivity index is 0.000000956. The predicted molar refractivity (Wildman–Crippen MR) is 88.4 cm³/mol. The van der Waals surface area contributed by atoms with E-state index in [1.165, 1.54) is 37.7 Å². The van der Waals surface area contributed by atoms with Crippen LogP contribution in [0, 0.1) is 5.92 Å². The fraction of sp³-hybridized carbons (Fsp3) is 0.667. The Hall–Kier alpha value is -0.530. The van der Waals surface area contributed by atoms with Crippen molar-refractivity contribution < 1.29 is 5.11 Å². The molecule has 2 heteroatoms. The molecule has 0 unspecified atom stereocenters. The molecular formula is C18H29ClO. The van der Waals surface area contributed by atoms with Gasteiger partial charge in [-0.2, -0.15) is 0 Å². The van der Waals surface area contributed by atoms with Gasteiger partial charge < -0.3 is 5.11 Å². The van der Waals surface area contributed by atoms with Crippen molar-refractivity contribution in [1.29, 1.82) is 0 Å². The van der Waals surface area contributed by atoms with Crippen LogP contribution in [0.15, 0.2) is 24.3 Å². The fourth-order valence-corrected chi connectivity index (χ4v) is 3.28. The standard InChI is InChI=1S/C16H23ClO.C2H6/c1-13(12-18)8-11-16(9-2-3-10-16)14-4-6-15(17)7-5-14;1-2/h4-7,13,18H,2-3,8-12H2,1H3;1-2H3/t13-;/m1./s1. The highest BCUT2D eigenvalue weighted by Gasteiger charge is 2.35. The van der Waals surface area contributed by atoms with Crippen molar-refractivity contribution in [2.45, 2.75) is 64.7 Å². The van der Waals surface area contributed by atoms with Crippen LogP contribution in [-0.4, -0.2) is 11.7 Å². The first-order valence-corrected chi connectivity index (χ1v) is 8.41. The first kappa shape index (κ1) is 17.5. The van der Waals surface area contributed by atoms with E-state index >= 15 is 0 Å². The summed E-state index contributed by atoms with van der Waals surface area (Å²) >= 11 is 5.98.